The van der Waals surface area contributed by atoms with Crippen molar-refractivity contribution in [3.05, 3.63) is 30.1 Å². The molecule has 0 bridgehead atoms. The lowest BCUT2D eigenvalue weighted by Gasteiger charge is -2.48. The van der Waals surface area contributed by atoms with E-state index in [0.717, 1.165) is 39.1 Å². The first-order chi connectivity index (χ1) is 11.0. The van der Waals surface area contributed by atoms with Crippen LogP contribution in [0.3, 0.4) is 0 Å². The Morgan fingerprint density at radius 1 is 1.30 bits per heavy atom. The maximum absolute atomic E-state index is 12.3. The lowest BCUT2D eigenvalue weighted by atomic mass is 9.73. The van der Waals surface area contributed by atoms with E-state index in [1.165, 1.54) is 25.0 Å². The predicted octanol–water partition coefficient (Wildman–Crippen LogP) is 2.20. The van der Waals surface area contributed by atoms with Crippen molar-refractivity contribution >= 4 is 5.91 Å². The molecule has 3 rings (SSSR count). The predicted molar refractivity (Wildman–Crippen MR) is 90.8 cm³/mol. The molecule has 2 aliphatic rings. The lowest BCUT2D eigenvalue weighted by molar-refractivity contribution is -0.131. The minimum atomic E-state index is 0.132. The Kier molecular flexibility index (Phi) is 4.57. The van der Waals surface area contributed by atoms with Gasteiger partial charge in [0, 0.05) is 50.4 Å². The van der Waals surface area contributed by atoms with Crippen LogP contribution in [0.1, 0.15) is 38.3 Å². The summed E-state index contributed by atoms with van der Waals surface area (Å²) in [5.74, 6) is 0.132. The molecular formula is C18H28N4O. The third-order valence-corrected chi connectivity index (χ3v) is 5.36. The average Bonchev–Trinajstić information content (AvgIpc) is 2.92. The highest BCUT2D eigenvalue weighted by atomic mass is 16.2. The second kappa shape index (κ2) is 6.48. The van der Waals surface area contributed by atoms with Gasteiger partial charge < -0.3 is 4.90 Å². The van der Waals surface area contributed by atoms with Crippen molar-refractivity contribution in [1.29, 1.82) is 0 Å². The number of aromatic nitrogens is 2. The summed E-state index contributed by atoms with van der Waals surface area (Å²) in [5.41, 5.74) is 2.18. The third kappa shape index (κ3) is 3.50. The van der Waals surface area contributed by atoms with E-state index in [9.17, 15) is 4.79 Å². The highest BCUT2D eigenvalue weighted by molar-refractivity contribution is 5.92. The number of aryl methyl sites for hydroxylation is 1. The van der Waals surface area contributed by atoms with Gasteiger partial charge in [0.25, 0.3) is 0 Å². The second-order valence-corrected chi connectivity index (χ2v) is 7.37. The molecule has 2 aliphatic heterocycles. The van der Waals surface area contributed by atoms with Gasteiger partial charge in [-0.15, -0.1) is 0 Å². The molecule has 23 heavy (non-hydrogen) atoms. The van der Waals surface area contributed by atoms with Crippen LogP contribution in [-0.4, -0.2) is 51.7 Å². The molecule has 0 aliphatic carbocycles. The minimum absolute atomic E-state index is 0.132. The normalized spacial score (nSPS) is 25.7. The maximum Gasteiger partial charge on any atom is 0.248 e. The number of amides is 1. The molecule has 3 heterocycles. The molecule has 1 amide bonds. The zero-order chi connectivity index (χ0) is 16.4. The number of piperidine rings is 2. The summed E-state index contributed by atoms with van der Waals surface area (Å²) >= 11 is 0. The van der Waals surface area contributed by atoms with E-state index in [0.29, 0.717) is 5.57 Å². The molecule has 5 heteroatoms. The highest BCUT2D eigenvalue weighted by Crippen LogP contribution is 2.39. The summed E-state index contributed by atoms with van der Waals surface area (Å²) in [5, 5.41) is 4.27. The van der Waals surface area contributed by atoms with Crippen molar-refractivity contribution < 1.29 is 4.79 Å². The van der Waals surface area contributed by atoms with Crippen molar-refractivity contribution in [3.63, 3.8) is 0 Å². The average molecular weight is 316 g/mol. The van der Waals surface area contributed by atoms with Gasteiger partial charge in [-0.2, -0.15) is 5.10 Å². The van der Waals surface area contributed by atoms with Crippen molar-refractivity contribution in [1.82, 2.24) is 19.6 Å². The zero-order valence-electron chi connectivity index (χ0n) is 14.4. The lowest BCUT2D eigenvalue weighted by Crippen LogP contribution is -2.53. The van der Waals surface area contributed by atoms with Crippen LogP contribution in [-0.2, 0) is 18.4 Å². The van der Waals surface area contributed by atoms with E-state index in [4.69, 9.17) is 0 Å². The van der Waals surface area contributed by atoms with E-state index >= 15 is 0 Å². The largest absolute Gasteiger partial charge is 0.338 e. The smallest absolute Gasteiger partial charge is 0.248 e. The van der Waals surface area contributed by atoms with E-state index < -0.39 is 0 Å². The van der Waals surface area contributed by atoms with Gasteiger partial charge in [0.2, 0.25) is 5.91 Å². The van der Waals surface area contributed by atoms with Gasteiger partial charge >= 0.3 is 0 Å². The van der Waals surface area contributed by atoms with Gasteiger partial charge in [0.1, 0.15) is 0 Å². The molecule has 2 saturated heterocycles. The first-order valence-corrected chi connectivity index (χ1v) is 8.63. The molecule has 1 spiro atoms. The SMILES string of the molecule is C=C(C)C(=O)N1CCCC2(CCCN(Cc3ccnn3C)C2)C1. The summed E-state index contributed by atoms with van der Waals surface area (Å²) in [7, 11) is 2.00. The molecular weight excluding hydrogens is 288 g/mol. The number of likely N-dealkylation sites (tertiary alicyclic amines) is 2. The van der Waals surface area contributed by atoms with Gasteiger partial charge in [0.15, 0.2) is 0 Å². The highest BCUT2D eigenvalue weighted by Gasteiger charge is 2.40. The number of nitrogens with zero attached hydrogens (tertiary/aromatic N) is 4. The summed E-state index contributed by atoms with van der Waals surface area (Å²) in [4.78, 5) is 16.9. The molecule has 0 aromatic carbocycles. The molecule has 2 fully saturated rings. The Hall–Kier alpha value is -1.62. The van der Waals surface area contributed by atoms with E-state index in [1.54, 1.807) is 0 Å². The zero-order valence-corrected chi connectivity index (χ0v) is 14.4. The standard InChI is InChI=1S/C18H28N4O/c1-15(2)17(23)22-11-5-8-18(14-22)7-4-10-21(13-18)12-16-6-9-19-20(16)3/h6,9H,1,4-5,7-8,10-14H2,2-3H3. The van der Waals surface area contributed by atoms with Crippen LogP contribution in [0, 0.1) is 5.41 Å². The number of rotatable bonds is 3. The van der Waals surface area contributed by atoms with Gasteiger partial charge in [-0.3, -0.25) is 14.4 Å². The summed E-state index contributed by atoms with van der Waals surface area (Å²) in [6.45, 7) is 10.6. The Balaban J connectivity index is 1.68. The second-order valence-electron chi connectivity index (χ2n) is 7.37. The molecule has 0 saturated carbocycles. The number of hydrogen-bond acceptors (Lipinski definition) is 3. The molecule has 1 aromatic rings. The molecule has 0 N–H and O–H groups in total. The molecule has 1 atom stereocenters. The fourth-order valence-corrected chi connectivity index (χ4v) is 4.21. The first-order valence-electron chi connectivity index (χ1n) is 8.63. The van der Waals surface area contributed by atoms with E-state index in [1.807, 2.05) is 29.7 Å². The molecule has 126 valence electrons. The fourth-order valence-electron chi connectivity index (χ4n) is 4.21. The van der Waals surface area contributed by atoms with Gasteiger partial charge in [-0.05, 0) is 45.2 Å². The third-order valence-electron chi connectivity index (χ3n) is 5.36. The van der Waals surface area contributed by atoms with Crippen molar-refractivity contribution in [2.75, 3.05) is 26.2 Å². The quantitative estimate of drug-likeness (QED) is 0.803. The monoisotopic (exact) mass is 316 g/mol. The number of carbonyl (C=O) groups is 1. The molecule has 1 unspecified atom stereocenters. The van der Waals surface area contributed by atoms with Gasteiger partial charge in [-0.1, -0.05) is 6.58 Å². The fraction of sp³-hybridized carbons (Fsp3) is 0.667. The number of hydrogen-bond donors (Lipinski definition) is 0. The van der Waals surface area contributed by atoms with E-state index in [2.05, 4.69) is 22.6 Å². The topological polar surface area (TPSA) is 41.4 Å². The van der Waals surface area contributed by atoms with Crippen molar-refractivity contribution in [2.24, 2.45) is 12.5 Å². The Morgan fingerprint density at radius 3 is 2.70 bits per heavy atom. The van der Waals surface area contributed by atoms with Crippen LogP contribution in [0.5, 0.6) is 0 Å². The van der Waals surface area contributed by atoms with Crippen LogP contribution >= 0.6 is 0 Å². The Bertz CT molecular complexity index is 590. The molecule has 1 aromatic heterocycles. The maximum atomic E-state index is 12.3. The van der Waals surface area contributed by atoms with Gasteiger partial charge in [0.05, 0.1) is 5.69 Å². The summed E-state index contributed by atoms with van der Waals surface area (Å²) in [6, 6.07) is 2.10. The Labute approximate surface area is 138 Å². The summed E-state index contributed by atoms with van der Waals surface area (Å²) in [6.07, 6.45) is 6.65. The minimum Gasteiger partial charge on any atom is -0.338 e. The van der Waals surface area contributed by atoms with Crippen LogP contribution in [0.15, 0.2) is 24.4 Å². The van der Waals surface area contributed by atoms with Crippen molar-refractivity contribution in [3.8, 4) is 0 Å². The first kappa shape index (κ1) is 16.2. The molecule has 5 nitrogen and oxygen atoms in total. The van der Waals surface area contributed by atoms with Crippen LogP contribution in [0.2, 0.25) is 0 Å². The van der Waals surface area contributed by atoms with Crippen LogP contribution in [0.4, 0.5) is 0 Å². The van der Waals surface area contributed by atoms with Crippen LogP contribution < -0.4 is 0 Å². The number of carbonyl (C=O) groups excluding carboxylic acids is 1. The van der Waals surface area contributed by atoms with Crippen LogP contribution in [0.25, 0.3) is 0 Å². The van der Waals surface area contributed by atoms with Crippen molar-refractivity contribution in [2.45, 2.75) is 39.2 Å². The summed E-state index contributed by atoms with van der Waals surface area (Å²) < 4.78 is 1.96. The van der Waals surface area contributed by atoms with E-state index in [-0.39, 0.29) is 11.3 Å². The van der Waals surface area contributed by atoms with Gasteiger partial charge in [-0.25, -0.2) is 0 Å². The Morgan fingerprint density at radius 2 is 2.04 bits per heavy atom. The molecule has 0 radical (unpaired) electrons.